The predicted octanol–water partition coefficient (Wildman–Crippen LogP) is 3.81. The Morgan fingerprint density at radius 3 is 2.71 bits per heavy atom. The van der Waals surface area contributed by atoms with Crippen molar-refractivity contribution in [3.63, 3.8) is 0 Å². The number of halogens is 3. The van der Waals surface area contributed by atoms with Gasteiger partial charge >= 0.3 is 6.61 Å². The second-order valence-electron chi connectivity index (χ2n) is 5.57. The zero-order valence-corrected chi connectivity index (χ0v) is 14.7. The lowest BCUT2D eigenvalue weighted by molar-refractivity contribution is -0.0502. The maximum Gasteiger partial charge on any atom is 0.387 e. The molecule has 1 aromatic heterocycles. The van der Waals surface area contributed by atoms with Gasteiger partial charge in [0.2, 0.25) is 0 Å². The number of H-pyrrole nitrogens is 1. The standard InChI is InChI=1S/C16H16BrF2N3O2/c1-22(2)4-3-9(8-20)15(23)13-5-10-6-14(24-16(18)19)11(17)7-12(10)21-13/h5-7,9,16,21H,3-4H2,1-2H3. The van der Waals surface area contributed by atoms with Gasteiger partial charge in [-0.3, -0.25) is 4.79 Å². The molecular weight excluding hydrogens is 384 g/mol. The molecule has 0 spiro atoms. The van der Waals surface area contributed by atoms with Crippen molar-refractivity contribution >= 4 is 32.6 Å². The van der Waals surface area contributed by atoms with Gasteiger partial charge < -0.3 is 14.6 Å². The first-order chi connectivity index (χ1) is 11.3. The lowest BCUT2D eigenvalue weighted by Gasteiger charge is -2.11. The average Bonchev–Trinajstić information content (AvgIpc) is 2.90. The summed E-state index contributed by atoms with van der Waals surface area (Å²) in [6, 6.07) is 6.54. The maximum atomic E-state index is 12.5. The van der Waals surface area contributed by atoms with Crippen LogP contribution < -0.4 is 4.74 Å². The molecule has 0 aliphatic heterocycles. The van der Waals surface area contributed by atoms with Crippen LogP contribution in [-0.4, -0.2) is 42.9 Å². The van der Waals surface area contributed by atoms with Gasteiger partial charge in [0.25, 0.3) is 0 Å². The van der Waals surface area contributed by atoms with E-state index in [0.29, 0.717) is 28.3 Å². The minimum atomic E-state index is -2.94. The Bertz CT molecular complexity index is 783. The highest BCUT2D eigenvalue weighted by Crippen LogP contribution is 2.32. The largest absolute Gasteiger partial charge is 0.434 e. The molecule has 1 aromatic carbocycles. The van der Waals surface area contributed by atoms with Crippen LogP contribution in [0.1, 0.15) is 16.9 Å². The maximum absolute atomic E-state index is 12.5. The molecule has 5 nitrogen and oxygen atoms in total. The van der Waals surface area contributed by atoms with Crippen LogP contribution in [0.25, 0.3) is 10.9 Å². The van der Waals surface area contributed by atoms with E-state index in [1.807, 2.05) is 25.1 Å². The van der Waals surface area contributed by atoms with Gasteiger partial charge in [-0.25, -0.2) is 0 Å². The van der Waals surface area contributed by atoms with E-state index in [1.54, 1.807) is 12.1 Å². The van der Waals surface area contributed by atoms with E-state index in [1.165, 1.54) is 6.07 Å². The van der Waals surface area contributed by atoms with Crippen molar-refractivity contribution in [1.82, 2.24) is 9.88 Å². The van der Waals surface area contributed by atoms with Crippen LogP contribution in [0.5, 0.6) is 5.75 Å². The summed E-state index contributed by atoms with van der Waals surface area (Å²) in [6.45, 7) is -2.32. The number of carbonyl (C=O) groups excluding carboxylic acids is 1. The van der Waals surface area contributed by atoms with Crippen LogP contribution in [0, 0.1) is 17.2 Å². The van der Waals surface area contributed by atoms with Crippen molar-refractivity contribution in [2.75, 3.05) is 20.6 Å². The first-order valence-corrected chi connectivity index (χ1v) is 7.96. The molecule has 0 radical (unpaired) electrons. The summed E-state index contributed by atoms with van der Waals surface area (Å²) in [7, 11) is 3.73. The minimum absolute atomic E-state index is 0.0139. The van der Waals surface area contributed by atoms with Gasteiger partial charge in [0.15, 0.2) is 5.78 Å². The number of ether oxygens (including phenoxy) is 1. The summed E-state index contributed by atoms with van der Waals surface area (Å²) < 4.78 is 29.5. The Labute approximate surface area is 146 Å². The van der Waals surface area contributed by atoms with Gasteiger partial charge in [0.1, 0.15) is 11.7 Å². The number of carbonyl (C=O) groups is 1. The lowest BCUT2D eigenvalue weighted by atomic mass is 9.99. The van der Waals surface area contributed by atoms with Crippen molar-refractivity contribution in [2.24, 2.45) is 5.92 Å². The molecule has 24 heavy (non-hydrogen) atoms. The van der Waals surface area contributed by atoms with Crippen LogP contribution in [0.4, 0.5) is 8.78 Å². The Morgan fingerprint density at radius 2 is 2.12 bits per heavy atom. The average molecular weight is 400 g/mol. The minimum Gasteiger partial charge on any atom is -0.434 e. The normalized spacial score (nSPS) is 12.6. The van der Waals surface area contributed by atoms with Crippen LogP contribution >= 0.6 is 15.9 Å². The fourth-order valence-electron chi connectivity index (χ4n) is 2.28. The molecular formula is C16H16BrF2N3O2. The highest BCUT2D eigenvalue weighted by molar-refractivity contribution is 9.10. The topological polar surface area (TPSA) is 69.1 Å². The number of aromatic nitrogens is 1. The summed E-state index contributed by atoms with van der Waals surface area (Å²) in [5.41, 5.74) is 0.868. The van der Waals surface area contributed by atoms with E-state index in [2.05, 4.69) is 25.7 Å². The first kappa shape index (κ1) is 18.4. The molecule has 1 N–H and O–H groups in total. The van der Waals surface area contributed by atoms with Crippen molar-refractivity contribution in [2.45, 2.75) is 13.0 Å². The summed E-state index contributed by atoms with van der Waals surface area (Å²) in [5, 5.41) is 9.78. The number of nitrogens with one attached hydrogen (secondary N) is 1. The second-order valence-corrected chi connectivity index (χ2v) is 6.42. The van der Waals surface area contributed by atoms with E-state index in [9.17, 15) is 18.8 Å². The predicted molar refractivity (Wildman–Crippen MR) is 89.2 cm³/mol. The van der Waals surface area contributed by atoms with Crippen molar-refractivity contribution in [3.8, 4) is 11.8 Å². The number of fused-ring (bicyclic) bond motifs is 1. The number of rotatable bonds is 7. The van der Waals surface area contributed by atoms with Gasteiger partial charge in [-0.1, -0.05) is 0 Å². The molecule has 0 saturated heterocycles. The Kier molecular flexibility index (Phi) is 5.91. The van der Waals surface area contributed by atoms with Crippen LogP contribution in [0.3, 0.4) is 0 Å². The molecule has 0 aliphatic carbocycles. The molecule has 0 aliphatic rings. The number of hydrogen-bond donors (Lipinski definition) is 1. The van der Waals surface area contributed by atoms with Gasteiger partial charge in [-0.2, -0.15) is 14.0 Å². The lowest BCUT2D eigenvalue weighted by Crippen LogP contribution is -2.21. The summed E-state index contributed by atoms with van der Waals surface area (Å²) in [4.78, 5) is 17.3. The quantitative estimate of drug-likeness (QED) is 0.718. The highest BCUT2D eigenvalue weighted by Gasteiger charge is 2.22. The Balaban J connectivity index is 2.29. The molecule has 0 amide bonds. The van der Waals surface area contributed by atoms with Gasteiger partial charge in [0.05, 0.1) is 16.2 Å². The zero-order valence-electron chi connectivity index (χ0n) is 13.1. The molecule has 2 aromatic rings. The summed E-state index contributed by atoms with van der Waals surface area (Å²) in [6.07, 6.45) is 0.418. The number of alkyl halides is 2. The molecule has 8 heteroatoms. The monoisotopic (exact) mass is 399 g/mol. The molecule has 0 fully saturated rings. The van der Waals surface area contributed by atoms with Crippen molar-refractivity contribution in [1.29, 1.82) is 5.26 Å². The zero-order chi connectivity index (χ0) is 17.9. The van der Waals surface area contributed by atoms with E-state index in [4.69, 9.17) is 0 Å². The van der Waals surface area contributed by atoms with E-state index in [-0.39, 0.29) is 17.2 Å². The van der Waals surface area contributed by atoms with Gasteiger partial charge in [-0.15, -0.1) is 0 Å². The van der Waals surface area contributed by atoms with E-state index in [0.717, 1.165) is 0 Å². The number of ketones is 1. The third kappa shape index (κ3) is 4.30. The summed E-state index contributed by atoms with van der Waals surface area (Å²) >= 11 is 3.15. The number of nitriles is 1. The Morgan fingerprint density at radius 1 is 1.42 bits per heavy atom. The number of nitrogens with zero attached hydrogens (tertiary/aromatic N) is 2. The fraction of sp³-hybridized carbons (Fsp3) is 0.375. The number of aromatic amines is 1. The fourth-order valence-corrected chi connectivity index (χ4v) is 2.72. The second kappa shape index (κ2) is 7.73. The van der Waals surface area contributed by atoms with Crippen molar-refractivity contribution in [3.05, 3.63) is 28.4 Å². The smallest absolute Gasteiger partial charge is 0.387 e. The third-order valence-corrected chi connectivity index (χ3v) is 4.11. The van der Waals surface area contributed by atoms with Crippen LogP contribution in [0.2, 0.25) is 0 Å². The van der Waals surface area contributed by atoms with Gasteiger partial charge in [0, 0.05) is 10.9 Å². The van der Waals surface area contributed by atoms with Gasteiger partial charge in [-0.05, 0) is 61.2 Å². The molecule has 1 heterocycles. The number of Topliss-reactive ketones (excluding diaryl/α,β-unsaturated/α-hetero) is 1. The van der Waals surface area contributed by atoms with Crippen molar-refractivity contribution < 1.29 is 18.3 Å². The SMILES string of the molecule is CN(C)CCC(C#N)C(=O)c1cc2cc(OC(F)F)c(Br)cc2[nH]1. The molecule has 0 bridgehead atoms. The molecule has 1 atom stereocenters. The summed E-state index contributed by atoms with van der Waals surface area (Å²) in [5.74, 6) is -1.09. The number of benzene rings is 1. The van der Waals surface area contributed by atoms with E-state index >= 15 is 0 Å². The van der Waals surface area contributed by atoms with E-state index < -0.39 is 12.5 Å². The van der Waals surface area contributed by atoms with Crippen LogP contribution in [0.15, 0.2) is 22.7 Å². The molecule has 128 valence electrons. The molecule has 2 rings (SSSR count). The molecule has 0 saturated carbocycles. The molecule has 1 unspecified atom stereocenters. The van der Waals surface area contributed by atoms with Crippen LogP contribution in [-0.2, 0) is 0 Å². The Hall–Kier alpha value is -1.98. The first-order valence-electron chi connectivity index (χ1n) is 7.17. The number of hydrogen-bond acceptors (Lipinski definition) is 4. The third-order valence-electron chi connectivity index (χ3n) is 3.49. The highest BCUT2D eigenvalue weighted by atomic mass is 79.9.